The molecule has 8 nitrogen and oxygen atoms in total. The van der Waals surface area contributed by atoms with Crippen LogP contribution in [0.1, 0.15) is 25.0 Å². The largest absolute Gasteiger partial charge is 0.454 e. The highest BCUT2D eigenvalue weighted by atomic mass is 16.5. The number of nitrogens with one attached hydrogen (secondary N) is 2. The highest BCUT2D eigenvalue weighted by Gasteiger charge is 2.49. The minimum absolute atomic E-state index is 0.511. The number of esters is 1. The number of hydrogen-bond donors (Lipinski definition) is 2. The van der Waals surface area contributed by atoms with Crippen molar-refractivity contribution in [3.63, 3.8) is 0 Å². The van der Waals surface area contributed by atoms with E-state index >= 15 is 0 Å². The normalized spacial score (nSPS) is 18.1. The molecule has 0 aliphatic carbocycles. The van der Waals surface area contributed by atoms with Crippen LogP contribution in [0.4, 0.5) is 10.5 Å². The number of nitrogens with zero attached hydrogens (tertiary/aromatic N) is 1. The number of carbonyl (C=O) groups excluding carboxylic acids is 4. The molecule has 30 heavy (non-hydrogen) atoms. The minimum Gasteiger partial charge on any atom is -0.454 e. The highest BCUT2D eigenvalue weighted by Crippen LogP contribution is 2.28. The number of hydrogen-bond acceptors (Lipinski definition) is 5. The van der Waals surface area contributed by atoms with Gasteiger partial charge in [-0.25, -0.2) is 4.79 Å². The molecule has 1 aliphatic rings. The Bertz CT molecular complexity index is 976. The lowest BCUT2D eigenvalue weighted by Crippen LogP contribution is -2.41. The summed E-state index contributed by atoms with van der Waals surface area (Å²) >= 11 is 0. The number of amides is 4. The first kappa shape index (κ1) is 21.0. The van der Waals surface area contributed by atoms with E-state index in [1.807, 2.05) is 25.1 Å². The minimum atomic E-state index is -1.26. The molecule has 0 aromatic heterocycles. The molecule has 8 heteroatoms. The number of ether oxygens (including phenoxy) is 1. The van der Waals surface area contributed by atoms with Crippen LogP contribution in [0.5, 0.6) is 0 Å². The second-order valence-corrected chi connectivity index (χ2v) is 7.08. The van der Waals surface area contributed by atoms with Crippen molar-refractivity contribution < 1.29 is 23.9 Å². The molecule has 0 saturated carbocycles. The molecule has 2 aromatic carbocycles. The predicted octanol–water partition coefficient (Wildman–Crippen LogP) is 2.20. The molecule has 1 saturated heterocycles. The Balaban J connectivity index is 1.55. The van der Waals surface area contributed by atoms with E-state index in [9.17, 15) is 19.2 Å². The SMILES string of the molecule is CCc1cccc(NC(=O)COC(=O)CN2C(=O)N[C@](C)(c3ccccc3)C2=O)c1. The Kier molecular flexibility index (Phi) is 6.15. The van der Waals surface area contributed by atoms with Crippen LogP contribution in [0.3, 0.4) is 0 Å². The van der Waals surface area contributed by atoms with Crippen LogP contribution in [0.25, 0.3) is 0 Å². The van der Waals surface area contributed by atoms with E-state index in [4.69, 9.17) is 4.74 Å². The summed E-state index contributed by atoms with van der Waals surface area (Å²) in [5.41, 5.74) is 1.00. The first-order valence-electron chi connectivity index (χ1n) is 9.57. The molecule has 0 radical (unpaired) electrons. The topological polar surface area (TPSA) is 105 Å². The summed E-state index contributed by atoms with van der Waals surface area (Å²) in [6.07, 6.45) is 0.826. The van der Waals surface area contributed by atoms with Crippen LogP contribution in [0.15, 0.2) is 54.6 Å². The molecular formula is C22H23N3O5. The van der Waals surface area contributed by atoms with Crippen molar-refractivity contribution in [2.45, 2.75) is 25.8 Å². The number of benzene rings is 2. The van der Waals surface area contributed by atoms with Gasteiger partial charge in [-0.15, -0.1) is 0 Å². The van der Waals surface area contributed by atoms with Crippen molar-refractivity contribution in [2.24, 2.45) is 0 Å². The Morgan fingerprint density at radius 1 is 1.10 bits per heavy atom. The summed E-state index contributed by atoms with van der Waals surface area (Å²) in [4.78, 5) is 50.0. The van der Waals surface area contributed by atoms with E-state index in [1.165, 1.54) is 0 Å². The van der Waals surface area contributed by atoms with Crippen molar-refractivity contribution in [1.82, 2.24) is 10.2 Å². The van der Waals surface area contributed by atoms with Gasteiger partial charge in [-0.1, -0.05) is 49.4 Å². The molecular weight excluding hydrogens is 386 g/mol. The third-order valence-electron chi connectivity index (χ3n) is 4.90. The van der Waals surface area contributed by atoms with E-state index < -0.39 is 42.5 Å². The summed E-state index contributed by atoms with van der Waals surface area (Å²) in [6.45, 7) is 2.48. The molecule has 156 valence electrons. The summed E-state index contributed by atoms with van der Waals surface area (Å²) in [5.74, 6) is -1.92. The lowest BCUT2D eigenvalue weighted by atomic mass is 9.92. The van der Waals surface area contributed by atoms with Gasteiger partial charge in [-0.3, -0.25) is 19.3 Å². The lowest BCUT2D eigenvalue weighted by molar-refractivity contribution is -0.150. The van der Waals surface area contributed by atoms with Crippen molar-refractivity contribution in [2.75, 3.05) is 18.5 Å². The monoisotopic (exact) mass is 409 g/mol. The summed E-state index contributed by atoms with van der Waals surface area (Å²) in [7, 11) is 0. The third kappa shape index (κ3) is 4.48. The predicted molar refractivity (Wildman–Crippen MR) is 109 cm³/mol. The van der Waals surface area contributed by atoms with Gasteiger partial charge in [0.25, 0.3) is 11.8 Å². The zero-order valence-corrected chi connectivity index (χ0v) is 16.8. The zero-order valence-electron chi connectivity index (χ0n) is 16.8. The third-order valence-corrected chi connectivity index (χ3v) is 4.90. The smallest absolute Gasteiger partial charge is 0.326 e. The average Bonchev–Trinajstić information content (AvgIpc) is 2.97. The zero-order chi connectivity index (χ0) is 21.7. The van der Waals surface area contributed by atoms with E-state index in [2.05, 4.69) is 10.6 Å². The van der Waals surface area contributed by atoms with Crippen LogP contribution in [0, 0.1) is 0 Å². The van der Waals surface area contributed by atoms with Crippen molar-refractivity contribution >= 4 is 29.5 Å². The van der Waals surface area contributed by atoms with Crippen LogP contribution in [-0.2, 0) is 31.1 Å². The van der Waals surface area contributed by atoms with E-state index in [0.717, 1.165) is 16.9 Å². The molecule has 0 bridgehead atoms. The summed E-state index contributed by atoms with van der Waals surface area (Å²) < 4.78 is 4.94. The maximum atomic E-state index is 12.8. The van der Waals surface area contributed by atoms with E-state index in [-0.39, 0.29) is 0 Å². The Morgan fingerprint density at radius 3 is 2.53 bits per heavy atom. The van der Waals surface area contributed by atoms with E-state index in [1.54, 1.807) is 43.3 Å². The summed E-state index contributed by atoms with van der Waals surface area (Å²) in [5, 5.41) is 5.25. The fourth-order valence-electron chi connectivity index (χ4n) is 3.19. The van der Waals surface area contributed by atoms with Crippen LogP contribution >= 0.6 is 0 Å². The molecule has 4 amide bonds. The maximum absolute atomic E-state index is 12.8. The molecule has 0 unspecified atom stereocenters. The Labute approximate surface area is 174 Å². The molecule has 1 fully saturated rings. The van der Waals surface area contributed by atoms with Crippen molar-refractivity contribution in [1.29, 1.82) is 0 Å². The Hall–Kier alpha value is -3.68. The van der Waals surface area contributed by atoms with Gasteiger partial charge in [0.2, 0.25) is 0 Å². The van der Waals surface area contributed by atoms with Crippen LogP contribution < -0.4 is 10.6 Å². The molecule has 0 spiro atoms. The second kappa shape index (κ2) is 8.77. The van der Waals surface area contributed by atoms with Gasteiger partial charge in [-0.05, 0) is 36.6 Å². The van der Waals surface area contributed by atoms with Gasteiger partial charge in [0.15, 0.2) is 6.61 Å². The number of imide groups is 1. The average molecular weight is 409 g/mol. The molecule has 1 heterocycles. The summed E-state index contributed by atoms with van der Waals surface area (Å²) in [6, 6.07) is 15.4. The van der Waals surface area contributed by atoms with Crippen LogP contribution in [-0.4, -0.2) is 41.9 Å². The molecule has 1 atom stereocenters. The number of urea groups is 1. The Morgan fingerprint density at radius 2 is 1.83 bits per heavy atom. The quantitative estimate of drug-likeness (QED) is 0.539. The standard InChI is InChI=1S/C22H23N3O5/c1-3-15-8-7-11-17(12-15)23-18(26)14-30-19(27)13-25-20(28)22(2,24-21(25)29)16-9-5-4-6-10-16/h4-12H,3,13-14H2,1-2H3,(H,23,26)(H,24,29)/t22-/m1/s1. The van der Waals surface area contributed by atoms with Crippen molar-refractivity contribution in [3.8, 4) is 0 Å². The first-order chi connectivity index (χ1) is 14.3. The van der Waals surface area contributed by atoms with Crippen LogP contribution in [0.2, 0.25) is 0 Å². The second-order valence-electron chi connectivity index (χ2n) is 7.08. The molecule has 2 N–H and O–H groups in total. The fourth-order valence-corrected chi connectivity index (χ4v) is 3.19. The number of rotatable bonds is 7. The maximum Gasteiger partial charge on any atom is 0.326 e. The fraction of sp³-hybridized carbons (Fsp3) is 0.273. The molecule has 2 aromatic rings. The van der Waals surface area contributed by atoms with Gasteiger partial charge >= 0.3 is 12.0 Å². The van der Waals surface area contributed by atoms with Gasteiger partial charge in [0.1, 0.15) is 12.1 Å². The first-order valence-corrected chi connectivity index (χ1v) is 9.57. The van der Waals surface area contributed by atoms with Gasteiger partial charge in [0.05, 0.1) is 0 Å². The lowest BCUT2D eigenvalue weighted by Gasteiger charge is -2.21. The van der Waals surface area contributed by atoms with Crippen molar-refractivity contribution in [3.05, 3.63) is 65.7 Å². The van der Waals surface area contributed by atoms with E-state index in [0.29, 0.717) is 11.3 Å². The number of carbonyl (C=O) groups is 4. The number of aryl methyl sites for hydroxylation is 1. The molecule has 1 aliphatic heterocycles. The van der Waals surface area contributed by atoms with Gasteiger partial charge in [-0.2, -0.15) is 0 Å². The van der Waals surface area contributed by atoms with Gasteiger partial charge in [0, 0.05) is 5.69 Å². The van der Waals surface area contributed by atoms with Gasteiger partial charge < -0.3 is 15.4 Å². The number of anilines is 1. The molecule has 3 rings (SSSR count). The highest BCUT2D eigenvalue weighted by molar-refractivity contribution is 6.09.